The number of nitrogens with zero attached hydrogens (tertiary/aromatic N) is 2. The third kappa shape index (κ3) is 3.85. The van der Waals surface area contributed by atoms with E-state index in [9.17, 15) is 4.79 Å². The van der Waals surface area contributed by atoms with E-state index in [0.29, 0.717) is 6.61 Å². The number of nitrogens with two attached hydrogens (primary N) is 1. The van der Waals surface area contributed by atoms with Gasteiger partial charge in [0, 0.05) is 18.7 Å². The first-order chi connectivity index (χ1) is 15.2. The van der Waals surface area contributed by atoms with Gasteiger partial charge in [-0.2, -0.15) is 4.98 Å². The lowest BCUT2D eigenvalue weighted by Gasteiger charge is -2.46. The molecule has 1 heterocycles. The quantitative estimate of drug-likeness (QED) is 0.466. The van der Waals surface area contributed by atoms with E-state index in [0.717, 1.165) is 12.0 Å². The first-order valence-corrected chi connectivity index (χ1v) is 12.9. The molecular weight excluding hydrogens is 414 g/mol. The lowest BCUT2D eigenvalue weighted by Crippen LogP contribution is -2.67. The Labute approximate surface area is 190 Å². The Bertz CT molecular complexity index is 1110. The maximum atomic E-state index is 12.3. The van der Waals surface area contributed by atoms with Crippen LogP contribution in [0.15, 0.2) is 89.9 Å². The van der Waals surface area contributed by atoms with Crippen LogP contribution in [-0.4, -0.2) is 24.5 Å². The van der Waals surface area contributed by atoms with E-state index in [1.165, 1.54) is 10.4 Å². The van der Waals surface area contributed by atoms with Crippen LogP contribution in [0.25, 0.3) is 0 Å². The molecule has 2 aromatic carbocycles. The molecule has 0 saturated heterocycles. The summed E-state index contributed by atoms with van der Waals surface area (Å²) in [5.41, 5.74) is 6.31. The molecule has 5 nitrogen and oxygen atoms in total. The standard InChI is InChI=1S/C26H31N3O2Si/c1-19-20(17-23(19)29-16-15-24(27)28-25(29)30)18-31-32(26(2,3)4,21-11-7-5-8-12-21)22-13-9-6-10-14-22/h5-16,20,23H,1,17-18H2,2-4H3,(H2,27,28,30)/t20-,23-/m0/s1. The van der Waals surface area contributed by atoms with E-state index in [-0.39, 0.29) is 28.5 Å². The lowest BCUT2D eigenvalue weighted by molar-refractivity contribution is 0.184. The molecule has 1 saturated carbocycles. The molecule has 2 N–H and O–H groups in total. The topological polar surface area (TPSA) is 70.1 Å². The van der Waals surface area contributed by atoms with Gasteiger partial charge in [-0.15, -0.1) is 0 Å². The SMILES string of the molecule is C=C1[C@H](CO[Si](c2ccccc2)(c2ccccc2)C(C)(C)C)C[C@@H]1n1ccc(N)nc1=O. The summed E-state index contributed by atoms with van der Waals surface area (Å²) in [6.07, 6.45) is 2.52. The van der Waals surface area contributed by atoms with Crippen molar-refractivity contribution in [1.82, 2.24) is 9.55 Å². The molecule has 0 spiro atoms. The zero-order valence-corrected chi connectivity index (χ0v) is 20.0. The number of aromatic nitrogens is 2. The molecule has 0 amide bonds. The minimum atomic E-state index is -2.58. The maximum absolute atomic E-state index is 12.3. The van der Waals surface area contributed by atoms with Crippen LogP contribution in [0.1, 0.15) is 33.2 Å². The third-order valence-corrected chi connectivity index (χ3v) is 11.6. The van der Waals surface area contributed by atoms with Crippen molar-refractivity contribution in [1.29, 1.82) is 0 Å². The van der Waals surface area contributed by atoms with Gasteiger partial charge in [-0.05, 0) is 33.5 Å². The van der Waals surface area contributed by atoms with Gasteiger partial charge in [0.2, 0.25) is 0 Å². The van der Waals surface area contributed by atoms with E-state index < -0.39 is 8.32 Å². The normalized spacial score (nSPS) is 18.9. The highest BCUT2D eigenvalue weighted by Crippen LogP contribution is 2.44. The Hall–Kier alpha value is -2.96. The molecular formula is C26H31N3O2Si. The molecule has 3 aromatic rings. The number of rotatable bonds is 6. The van der Waals surface area contributed by atoms with E-state index >= 15 is 0 Å². The zero-order chi connectivity index (χ0) is 22.9. The fourth-order valence-corrected chi connectivity index (χ4v) is 9.41. The van der Waals surface area contributed by atoms with Gasteiger partial charge in [0.05, 0.1) is 6.04 Å². The zero-order valence-electron chi connectivity index (χ0n) is 19.0. The van der Waals surface area contributed by atoms with Crippen molar-refractivity contribution >= 4 is 24.5 Å². The Morgan fingerprint density at radius 2 is 1.62 bits per heavy atom. The van der Waals surface area contributed by atoms with E-state index in [1.54, 1.807) is 16.8 Å². The second-order valence-corrected chi connectivity index (χ2v) is 13.8. The number of anilines is 1. The third-order valence-electron chi connectivity index (χ3n) is 6.57. The molecule has 1 aliphatic rings. The van der Waals surface area contributed by atoms with Gasteiger partial charge in [-0.1, -0.05) is 88.0 Å². The largest absolute Gasteiger partial charge is 0.407 e. The molecule has 0 radical (unpaired) electrons. The molecule has 0 bridgehead atoms. The number of benzene rings is 2. The fraction of sp³-hybridized carbons (Fsp3) is 0.308. The monoisotopic (exact) mass is 445 g/mol. The van der Waals surface area contributed by atoms with Crippen molar-refractivity contribution < 1.29 is 4.43 Å². The fourth-order valence-electron chi connectivity index (χ4n) is 4.80. The lowest BCUT2D eigenvalue weighted by atomic mass is 9.76. The highest BCUT2D eigenvalue weighted by molar-refractivity contribution is 6.99. The van der Waals surface area contributed by atoms with E-state index in [2.05, 4.69) is 80.9 Å². The average molecular weight is 446 g/mol. The molecule has 166 valence electrons. The van der Waals surface area contributed by atoms with Gasteiger partial charge in [-0.25, -0.2) is 4.79 Å². The summed E-state index contributed by atoms with van der Waals surface area (Å²) in [7, 11) is -2.58. The first-order valence-electron chi connectivity index (χ1n) is 11.0. The molecule has 0 aliphatic heterocycles. The van der Waals surface area contributed by atoms with Crippen molar-refractivity contribution in [3.63, 3.8) is 0 Å². The number of hydrogen-bond donors (Lipinski definition) is 1. The smallest absolute Gasteiger partial charge is 0.350 e. The molecule has 6 heteroatoms. The van der Waals surface area contributed by atoms with Crippen LogP contribution in [0, 0.1) is 5.92 Å². The summed E-state index contributed by atoms with van der Waals surface area (Å²) in [6.45, 7) is 11.7. The Morgan fingerprint density at radius 3 is 2.09 bits per heavy atom. The van der Waals surface area contributed by atoms with Gasteiger partial charge in [0.15, 0.2) is 0 Å². The van der Waals surface area contributed by atoms with Crippen LogP contribution in [0.2, 0.25) is 5.04 Å². The van der Waals surface area contributed by atoms with Crippen molar-refractivity contribution in [2.75, 3.05) is 12.3 Å². The summed E-state index contributed by atoms with van der Waals surface area (Å²) < 4.78 is 8.65. The summed E-state index contributed by atoms with van der Waals surface area (Å²) in [6, 6.07) is 22.9. The Balaban J connectivity index is 1.62. The molecule has 4 rings (SSSR count). The molecule has 1 aromatic heterocycles. The van der Waals surface area contributed by atoms with Crippen LogP contribution >= 0.6 is 0 Å². The molecule has 1 fully saturated rings. The average Bonchev–Trinajstić information content (AvgIpc) is 2.77. The first kappa shape index (κ1) is 22.2. The number of hydrogen-bond acceptors (Lipinski definition) is 4. The predicted molar refractivity (Wildman–Crippen MR) is 133 cm³/mol. The minimum absolute atomic E-state index is 0.0525. The van der Waals surface area contributed by atoms with Crippen LogP contribution in [0.4, 0.5) is 5.82 Å². The molecule has 32 heavy (non-hydrogen) atoms. The predicted octanol–water partition coefficient (Wildman–Crippen LogP) is 3.52. The van der Waals surface area contributed by atoms with Crippen LogP contribution in [-0.2, 0) is 4.43 Å². The Morgan fingerprint density at radius 1 is 1.06 bits per heavy atom. The second-order valence-electron chi connectivity index (χ2n) is 9.54. The van der Waals surface area contributed by atoms with Gasteiger partial charge in [-0.3, -0.25) is 4.57 Å². The maximum Gasteiger partial charge on any atom is 0.350 e. The van der Waals surface area contributed by atoms with Gasteiger partial charge in [0.1, 0.15) is 5.82 Å². The van der Waals surface area contributed by atoms with Crippen molar-refractivity contribution in [3.05, 3.63) is 95.6 Å². The van der Waals surface area contributed by atoms with Gasteiger partial charge in [0.25, 0.3) is 8.32 Å². The van der Waals surface area contributed by atoms with Crippen LogP contribution < -0.4 is 21.8 Å². The van der Waals surface area contributed by atoms with Crippen molar-refractivity contribution in [2.24, 2.45) is 5.92 Å². The van der Waals surface area contributed by atoms with E-state index in [4.69, 9.17) is 10.2 Å². The molecule has 0 unspecified atom stereocenters. The Kier molecular flexibility index (Phi) is 5.92. The molecule has 2 atom stereocenters. The summed E-state index contributed by atoms with van der Waals surface area (Å²) in [4.78, 5) is 16.1. The number of nitrogen functional groups attached to an aromatic ring is 1. The van der Waals surface area contributed by atoms with Crippen molar-refractivity contribution in [2.45, 2.75) is 38.3 Å². The summed E-state index contributed by atoms with van der Waals surface area (Å²) in [5.74, 6) is 0.439. The van der Waals surface area contributed by atoms with Crippen molar-refractivity contribution in [3.8, 4) is 0 Å². The van der Waals surface area contributed by atoms with Gasteiger partial charge >= 0.3 is 5.69 Å². The van der Waals surface area contributed by atoms with E-state index in [1.807, 2.05) is 12.1 Å². The summed E-state index contributed by atoms with van der Waals surface area (Å²) in [5, 5.41) is 2.45. The minimum Gasteiger partial charge on any atom is -0.407 e. The second kappa shape index (κ2) is 8.52. The van der Waals surface area contributed by atoms with Crippen LogP contribution in [0.5, 0.6) is 0 Å². The molecule has 1 aliphatic carbocycles. The highest BCUT2D eigenvalue weighted by atomic mass is 28.4. The van der Waals surface area contributed by atoms with Gasteiger partial charge < -0.3 is 10.2 Å². The summed E-state index contributed by atoms with van der Waals surface area (Å²) >= 11 is 0. The van der Waals surface area contributed by atoms with Crippen LogP contribution in [0.3, 0.4) is 0 Å². The highest BCUT2D eigenvalue weighted by Gasteiger charge is 2.51.